The van der Waals surface area contributed by atoms with Gasteiger partial charge in [0.25, 0.3) is 0 Å². The van der Waals surface area contributed by atoms with E-state index in [1.807, 2.05) is 32.0 Å². The van der Waals surface area contributed by atoms with Crippen molar-refractivity contribution < 1.29 is 4.79 Å². The minimum atomic E-state index is -0.0572. The van der Waals surface area contributed by atoms with Gasteiger partial charge in [0.15, 0.2) is 11.6 Å². The van der Waals surface area contributed by atoms with Gasteiger partial charge in [0.1, 0.15) is 0 Å². The number of hydrogen-bond acceptors (Lipinski definition) is 4. The Labute approximate surface area is 128 Å². The lowest BCUT2D eigenvalue weighted by Gasteiger charge is -2.10. The maximum absolute atomic E-state index is 11.5. The Kier molecular flexibility index (Phi) is 5.11. The average Bonchev–Trinajstić information content (AvgIpc) is 2.46. The first-order chi connectivity index (χ1) is 10.1. The standard InChI is InChI=1S/C15H17ClN4O/c1-3-5-15(21)18-14-9-8-13(19-20-14)17-12-7-4-6-11(16)10(12)2/h4,6-9H,3,5H2,1-2H3,(H,17,19)(H,18,20,21). The van der Waals surface area contributed by atoms with Crippen molar-refractivity contribution in [3.63, 3.8) is 0 Å². The molecule has 0 spiro atoms. The van der Waals surface area contributed by atoms with Gasteiger partial charge in [-0.1, -0.05) is 24.6 Å². The highest BCUT2D eigenvalue weighted by Crippen LogP contribution is 2.25. The summed E-state index contributed by atoms with van der Waals surface area (Å²) < 4.78 is 0. The number of rotatable bonds is 5. The van der Waals surface area contributed by atoms with Gasteiger partial charge in [0.2, 0.25) is 5.91 Å². The van der Waals surface area contributed by atoms with E-state index >= 15 is 0 Å². The highest BCUT2D eigenvalue weighted by atomic mass is 35.5. The molecule has 2 aromatic rings. The van der Waals surface area contributed by atoms with Gasteiger partial charge in [-0.05, 0) is 43.2 Å². The number of benzene rings is 1. The molecule has 1 aromatic carbocycles. The van der Waals surface area contributed by atoms with Crippen molar-refractivity contribution in [2.75, 3.05) is 10.6 Å². The summed E-state index contributed by atoms with van der Waals surface area (Å²) in [5, 5.41) is 14.5. The monoisotopic (exact) mass is 304 g/mol. The molecule has 0 aliphatic rings. The maximum Gasteiger partial charge on any atom is 0.225 e. The van der Waals surface area contributed by atoms with Crippen LogP contribution >= 0.6 is 11.6 Å². The molecule has 1 amide bonds. The molecule has 0 radical (unpaired) electrons. The van der Waals surface area contributed by atoms with Crippen molar-refractivity contribution >= 4 is 34.8 Å². The van der Waals surface area contributed by atoms with Crippen LogP contribution in [0, 0.1) is 6.92 Å². The number of anilines is 3. The van der Waals surface area contributed by atoms with E-state index in [9.17, 15) is 4.79 Å². The minimum Gasteiger partial charge on any atom is -0.338 e. The smallest absolute Gasteiger partial charge is 0.225 e. The van der Waals surface area contributed by atoms with Crippen molar-refractivity contribution in [2.24, 2.45) is 0 Å². The van der Waals surface area contributed by atoms with Crippen LogP contribution in [-0.4, -0.2) is 16.1 Å². The second kappa shape index (κ2) is 7.04. The predicted octanol–water partition coefficient (Wildman–Crippen LogP) is 3.92. The predicted molar refractivity (Wildman–Crippen MR) is 85.0 cm³/mol. The number of aromatic nitrogens is 2. The van der Waals surface area contributed by atoms with E-state index in [2.05, 4.69) is 20.8 Å². The van der Waals surface area contributed by atoms with Crippen molar-refractivity contribution in [3.05, 3.63) is 40.9 Å². The van der Waals surface area contributed by atoms with Gasteiger partial charge in [-0.2, -0.15) is 0 Å². The summed E-state index contributed by atoms with van der Waals surface area (Å²) >= 11 is 6.07. The Balaban J connectivity index is 2.05. The van der Waals surface area contributed by atoms with Gasteiger partial charge in [0, 0.05) is 17.1 Å². The number of nitrogens with one attached hydrogen (secondary N) is 2. The third-order valence-electron chi connectivity index (χ3n) is 2.94. The number of carbonyl (C=O) groups is 1. The van der Waals surface area contributed by atoms with Crippen LogP contribution in [0.1, 0.15) is 25.3 Å². The summed E-state index contributed by atoms with van der Waals surface area (Å²) in [6.07, 6.45) is 1.27. The molecule has 0 aliphatic carbocycles. The molecule has 0 bridgehead atoms. The van der Waals surface area contributed by atoms with Crippen LogP contribution in [0.3, 0.4) is 0 Å². The lowest BCUT2D eigenvalue weighted by atomic mass is 10.2. The fourth-order valence-electron chi connectivity index (χ4n) is 1.78. The Morgan fingerprint density at radius 3 is 2.57 bits per heavy atom. The van der Waals surface area contributed by atoms with Crippen LogP contribution in [-0.2, 0) is 4.79 Å². The first-order valence-electron chi connectivity index (χ1n) is 6.76. The van der Waals surface area contributed by atoms with Crippen LogP contribution in [0.2, 0.25) is 5.02 Å². The molecular formula is C15H17ClN4O. The van der Waals surface area contributed by atoms with Gasteiger partial charge in [-0.3, -0.25) is 4.79 Å². The highest BCUT2D eigenvalue weighted by molar-refractivity contribution is 6.31. The summed E-state index contributed by atoms with van der Waals surface area (Å²) in [5.74, 6) is 0.980. The third kappa shape index (κ3) is 4.16. The number of carbonyl (C=O) groups excluding carboxylic acids is 1. The molecule has 1 aromatic heterocycles. The quantitative estimate of drug-likeness (QED) is 0.878. The largest absolute Gasteiger partial charge is 0.338 e. The zero-order valence-electron chi connectivity index (χ0n) is 12.0. The van der Waals surface area contributed by atoms with Crippen molar-refractivity contribution in [1.82, 2.24) is 10.2 Å². The van der Waals surface area contributed by atoms with Crippen molar-refractivity contribution in [2.45, 2.75) is 26.7 Å². The fraction of sp³-hybridized carbons (Fsp3) is 0.267. The average molecular weight is 305 g/mol. The zero-order chi connectivity index (χ0) is 15.2. The molecule has 5 nitrogen and oxygen atoms in total. The summed E-state index contributed by atoms with van der Waals surface area (Å²) in [6.45, 7) is 3.88. The Bertz CT molecular complexity index is 628. The van der Waals surface area contributed by atoms with E-state index in [1.165, 1.54) is 0 Å². The second-order valence-corrected chi connectivity index (χ2v) is 5.05. The molecule has 0 unspecified atom stereocenters. The maximum atomic E-state index is 11.5. The van der Waals surface area contributed by atoms with Gasteiger partial charge >= 0.3 is 0 Å². The topological polar surface area (TPSA) is 66.9 Å². The van der Waals surface area contributed by atoms with Crippen molar-refractivity contribution in [3.8, 4) is 0 Å². The Hall–Kier alpha value is -2.14. The van der Waals surface area contributed by atoms with Gasteiger partial charge in [-0.25, -0.2) is 0 Å². The molecule has 2 rings (SSSR count). The molecular weight excluding hydrogens is 288 g/mol. The van der Waals surface area contributed by atoms with E-state index in [4.69, 9.17) is 11.6 Å². The van der Waals surface area contributed by atoms with Gasteiger partial charge < -0.3 is 10.6 Å². The number of nitrogens with zero attached hydrogens (tertiary/aromatic N) is 2. The van der Waals surface area contributed by atoms with Crippen LogP contribution in [0.25, 0.3) is 0 Å². The molecule has 110 valence electrons. The molecule has 0 saturated carbocycles. The first kappa shape index (κ1) is 15.3. The number of amides is 1. The van der Waals surface area contributed by atoms with E-state index in [-0.39, 0.29) is 5.91 Å². The molecule has 2 N–H and O–H groups in total. The summed E-state index contributed by atoms with van der Waals surface area (Å²) in [4.78, 5) is 11.5. The Morgan fingerprint density at radius 2 is 1.90 bits per heavy atom. The molecule has 21 heavy (non-hydrogen) atoms. The molecule has 1 heterocycles. The SMILES string of the molecule is CCCC(=O)Nc1ccc(Nc2cccc(Cl)c2C)nn1. The van der Waals surface area contributed by atoms with Crippen LogP contribution in [0.5, 0.6) is 0 Å². The molecule has 6 heteroatoms. The Morgan fingerprint density at radius 1 is 1.19 bits per heavy atom. The first-order valence-corrected chi connectivity index (χ1v) is 7.13. The zero-order valence-corrected chi connectivity index (χ0v) is 12.7. The lowest BCUT2D eigenvalue weighted by Crippen LogP contribution is -2.12. The lowest BCUT2D eigenvalue weighted by molar-refractivity contribution is -0.116. The van der Waals surface area contributed by atoms with E-state index in [1.54, 1.807) is 12.1 Å². The third-order valence-corrected chi connectivity index (χ3v) is 3.35. The summed E-state index contributed by atoms with van der Waals surface area (Å²) in [5.41, 5.74) is 1.82. The molecule has 0 atom stereocenters. The number of hydrogen-bond donors (Lipinski definition) is 2. The number of halogens is 1. The van der Waals surface area contributed by atoms with E-state index in [0.29, 0.717) is 23.1 Å². The van der Waals surface area contributed by atoms with Gasteiger partial charge in [-0.15, -0.1) is 10.2 Å². The molecule has 0 aliphatic heterocycles. The molecule has 0 fully saturated rings. The fourth-order valence-corrected chi connectivity index (χ4v) is 1.95. The minimum absolute atomic E-state index is 0.0572. The highest BCUT2D eigenvalue weighted by Gasteiger charge is 2.05. The summed E-state index contributed by atoms with van der Waals surface area (Å²) in [6, 6.07) is 9.09. The van der Waals surface area contributed by atoms with E-state index < -0.39 is 0 Å². The second-order valence-electron chi connectivity index (χ2n) is 4.64. The van der Waals surface area contributed by atoms with Crippen LogP contribution in [0.15, 0.2) is 30.3 Å². The van der Waals surface area contributed by atoms with Crippen molar-refractivity contribution in [1.29, 1.82) is 0 Å². The molecule has 0 saturated heterocycles. The van der Waals surface area contributed by atoms with Crippen LogP contribution in [0.4, 0.5) is 17.3 Å². The normalized spacial score (nSPS) is 10.2. The van der Waals surface area contributed by atoms with E-state index in [0.717, 1.165) is 17.7 Å². The summed E-state index contributed by atoms with van der Waals surface area (Å²) in [7, 11) is 0. The van der Waals surface area contributed by atoms with Gasteiger partial charge in [0.05, 0.1) is 0 Å². The van der Waals surface area contributed by atoms with Crippen LogP contribution < -0.4 is 10.6 Å².